The van der Waals surface area contributed by atoms with E-state index in [0.29, 0.717) is 19.4 Å². The summed E-state index contributed by atoms with van der Waals surface area (Å²) < 4.78 is 0. The number of hydrogen-bond donors (Lipinski definition) is 2. The van der Waals surface area contributed by atoms with E-state index in [1.54, 1.807) is 11.8 Å². The summed E-state index contributed by atoms with van der Waals surface area (Å²) in [7, 11) is 0. The van der Waals surface area contributed by atoms with Gasteiger partial charge >= 0.3 is 0 Å². The van der Waals surface area contributed by atoms with Crippen LogP contribution in [0.2, 0.25) is 0 Å². The minimum absolute atomic E-state index is 0.138. The van der Waals surface area contributed by atoms with Gasteiger partial charge in [-0.25, -0.2) is 0 Å². The Morgan fingerprint density at radius 2 is 2.22 bits per heavy atom. The molecule has 0 fully saturated rings. The maximum absolute atomic E-state index is 12.1. The zero-order valence-corrected chi connectivity index (χ0v) is 10.7. The van der Waals surface area contributed by atoms with E-state index in [9.17, 15) is 9.90 Å². The van der Waals surface area contributed by atoms with E-state index in [0.717, 1.165) is 29.8 Å². The molecular formula is C14H20N2O2. The fourth-order valence-corrected chi connectivity index (χ4v) is 2.33. The van der Waals surface area contributed by atoms with Gasteiger partial charge in [-0.2, -0.15) is 0 Å². The first kappa shape index (κ1) is 12.9. The summed E-state index contributed by atoms with van der Waals surface area (Å²) in [5.74, 6) is 0.138. The predicted octanol–water partition coefficient (Wildman–Crippen LogP) is 1.71. The molecule has 0 aromatic heterocycles. The molecule has 1 aromatic carbocycles. The van der Waals surface area contributed by atoms with Crippen molar-refractivity contribution in [3.8, 4) is 0 Å². The quantitative estimate of drug-likeness (QED) is 0.800. The summed E-state index contributed by atoms with van der Waals surface area (Å²) in [6, 6.07) is 5.69. The van der Waals surface area contributed by atoms with Crippen molar-refractivity contribution in [1.29, 1.82) is 0 Å². The lowest BCUT2D eigenvalue weighted by molar-refractivity contribution is -0.118. The third-order valence-corrected chi connectivity index (χ3v) is 3.30. The first-order valence-electron chi connectivity index (χ1n) is 6.45. The predicted molar refractivity (Wildman–Crippen MR) is 72.4 cm³/mol. The molecule has 1 unspecified atom stereocenters. The Bertz CT molecular complexity index is 443. The number of aryl methyl sites for hydroxylation is 1. The van der Waals surface area contributed by atoms with E-state index in [4.69, 9.17) is 5.73 Å². The molecule has 0 radical (unpaired) electrons. The van der Waals surface area contributed by atoms with Gasteiger partial charge in [0.25, 0.3) is 0 Å². The van der Waals surface area contributed by atoms with Gasteiger partial charge in [-0.1, -0.05) is 0 Å². The molecule has 0 spiro atoms. The van der Waals surface area contributed by atoms with Gasteiger partial charge < -0.3 is 15.7 Å². The standard InChI is InChI=1S/C14H20N2O2/c1-10(17)7-8-16-13-6-5-12(15)9-11(13)3-2-4-14(16)18/h5-6,9-10,17H,2-4,7-8,15H2,1H3. The van der Waals surface area contributed by atoms with Crippen LogP contribution in [0.3, 0.4) is 0 Å². The van der Waals surface area contributed by atoms with E-state index in [1.807, 2.05) is 18.2 Å². The van der Waals surface area contributed by atoms with Gasteiger partial charge in [-0.15, -0.1) is 0 Å². The summed E-state index contributed by atoms with van der Waals surface area (Å²) in [4.78, 5) is 13.9. The lowest BCUT2D eigenvalue weighted by Gasteiger charge is -2.24. The molecule has 2 rings (SSSR count). The van der Waals surface area contributed by atoms with Crippen molar-refractivity contribution in [3.63, 3.8) is 0 Å². The van der Waals surface area contributed by atoms with Crippen molar-refractivity contribution in [2.24, 2.45) is 0 Å². The lowest BCUT2D eigenvalue weighted by Crippen LogP contribution is -2.32. The van der Waals surface area contributed by atoms with Crippen LogP contribution in [0.1, 0.15) is 31.7 Å². The molecule has 3 N–H and O–H groups in total. The fraction of sp³-hybridized carbons (Fsp3) is 0.500. The first-order chi connectivity index (χ1) is 8.58. The number of fused-ring (bicyclic) bond motifs is 1. The van der Waals surface area contributed by atoms with Gasteiger partial charge in [0.2, 0.25) is 5.91 Å². The van der Waals surface area contributed by atoms with Crippen LogP contribution in [-0.2, 0) is 11.2 Å². The molecule has 98 valence electrons. The highest BCUT2D eigenvalue weighted by atomic mass is 16.3. The molecule has 4 heteroatoms. The monoisotopic (exact) mass is 248 g/mol. The maximum Gasteiger partial charge on any atom is 0.226 e. The molecule has 1 heterocycles. The Balaban J connectivity index is 2.28. The van der Waals surface area contributed by atoms with Crippen LogP contribution in [0.15, 0.2) is 18.2 Å². The van der Waals surface area contributed by atoms with Crippen LogP contribution in [0.25, 0.3) is 0 Å². The number of nitrogen functional groups attached to an aromatic ring is 1. The molecule has 4 nitrogen and oxygen atoms in total. The third kappa shape index (κ3) is 2.82. The summed E-state index contributed by atoms with van der Waals surface area (Å²) in [6.07, 6.45) is 2.51. The first-order valence-corrected chi connectivity index (χ1v) is 6.45. The smallest absolute Gasteiger partial charge is 0.226 e. The van der Waals surface area contributed by atoms with Crippen molar-refractivity contribution in [3.05, 3.63) is 23.8 Å². The molecule has 0 aliphatic carbocycles. The number of anilines is 2. The number of benzene rings is 1. The summed E-state index contributed by atoms with van der Waals surface area (Å²) in [5.41, 5.74) is 8.61. The van der Waals surface area contributed by atoms with Gasteiger partial charge in [0.15, 0.2) is 0 Å². The summed E-state index contributed by atoms with van der Waals surface area (Å²) in [6.45, 7) is 2.31. The number of nitrogens with two attached hydrogens (primary N) is 1. The number of aliphatic hydroxyl groups excluding tert-OH is 1. The average molecular weight is 248 g/mol. The number of aliphatic hydroxyl groups is 1. The Morgan fingerprint density at radius 1 is 1.44 bits per heavy atom. The van der Waals surface area contributed by atoms with Crippen molar-refractivity contribution in [1.82, 2.24) is 0 Å². The van der Waals surface area contributed by atoms with Crippen LogP contribution in [0.4, 0.5) is 11.4 Å². The summed E-state index contributed by atoms with van der Waals surface area (Å²) in [5, 5.41) is 9.37. The van der Waals surface area contributed by atoms with Gasteiger partial charge in [-0.3, -0.25) is 4.79 Å². The van der Waals surface area contributed by atoms with Crippen molar-refractivity contribution in [2.45, 2.75) is 38.7 Å². The maximum atomic E-state index is 12.1. The average Bonchev–Trinajstić information content (AvgIpc) is 2.45. The van der Waals surface area contributed by atoms with E-state index in [-0.39, 0.29) is 5.91 Å². The van der Waals surface area contributed by atoms with E-state index in [1.165, 1.54) is 0 Å². The normalized spacial score (nSPS) is 17.2. The molecule has 1 aliphatic heterocycles. The Labute approximate surface area is 107 Å². The molecule has 1 amide bonds. The van der Waals surface area contributed by atoms with Crippen LogP contribution in [0, 0.1) is 0 Å². The molecule has 1 aromatic rings. The number of amides is 1. The SMILES string of the molecule is CC(O)CCN1C(=O)CCCc2cc(N)ccc21. The van der Waals surface area contributed by atoms with E-state index < -0.39 is 6.10 Å². The fourth-order valence-electron chi connectivity index (χ4n) is 2.33. The number of hydrogen-bond acceptors (Lipinski definition) is 3. The number of carbonyl (C=O) groups is 1. The van der Waals surface area contributed by atoms with Gasteiger partial charge in [-0.05, 0) is 49.9 Å². The van der Waals surface area contributed by atoms with Crippen molar-refractivity contribution >= 4 is 17.3 Å². The second kappa shape index (κ2) is 5.40. The number of rotatable bonds is 3. The topological polar surface area (TPSA) is 66.6 Å². The highest BCUT2D eigenvalue weighted by Gasteiger charge is 2.22. The highest BCUT2D eigenvalue weighted by Crippen LogP contribution is 2.29. The number of nitrogens with zero attached hydrogens (tertiary/aromatic N) is 1. The van der Waals surface area contributed by atoms with Gasteiger partial charge in [0, 0.05) is 24.3 Å². The van der Waals surface area contributed by atoms with E-state index in [2.05, 4.69) is 0 Å². The van der Waals surface area contributed by atoms with Crippen LogP contribution in [0.5, 0.6) is 0 Å². The molecule has 1 atom stereocenters. The third-order valence-electron chi connectivity index (χ3n) is 3.30. The molecule has 0 bridgehead atoms. The zero-order chi connectivity index (χ0) is 13.1. The molecule has 0 saturated carbocycles. The van der Waals surface area contributed by atoms with Crippen molar-refractivity contribution in [2.75, 3.05) is 17.2 Å². The largest absolute Gasteiger partial charge is 0.399 e. The summed E-state index contributed by atoms with van der Waals surface area (Å²) >= 11 is 0. The Kier molecular flexibility index (Phi) is 3.87. The second-order valence-corrected chi connectivity index (χ2v) is 4.92. The molecule has 0 saturated heterocycles. The van der Waals surface area contributed by atoms with Crippen LogP contribution < -0.4 is 10.6 Å². The van der Waals surface area contributed by atoms with Gasteiger partial charge in [0.05, 0.1) is 6.10 Å². The van der Waals surface area contributed by atoms with Crippen LogP contribution >= 0.6 is 0 Å². The minimum atomic E-state index is -0.390. The molecule has 18 heavy (non-hydrogen) atoms. The Morgan fingerprint density at radius 3 is 2.94 bits per heavy atom. The molecular weight excluding hydrogens is 228 g/mol. The highest BCUT2D eigenvalue weighted by molar-refractivity contribution is 5.95. The zero-order valence-electron chi connectivity index (χ0n) is 10.7. The minimum Gasteiger partial charge on any atom is -0.399 e. The lowest BCUT2D eigenvalue weighted by atomic mass is 10.1. The van der Waals surface area contributed by atoms with Gasteiger partial charge in [0.1, 0.15) is 0 Å². The van der Waals surface area contributed by atoms with E-state index >= 15 is 0 Å². The van der Waals surface area contributed by atoms with Crippen molar-refractivity contribution < 1.29 is 9.90 Å². The number of carbonyl (C=O) groups excluding carboxylic acids is 1. The second-order valence-electron chi connectivity index (χ2n) is 4.92. The molecule has 1 aliphatic rings. The van der Waals surface area contributed by atoms with Crippen LogP contribution in [-0.4, -0.2) is 23.7 Å². The Hall–Kier alpha value is -1.55.